The first-order valence-corrected chi connectivity index (χ1v) is 9.35. The van der Waals surface area contributed by atoms with E-state index < -0.39 is 5.97 Å². The number of nitrogens with zero attached hydrogens (tertiary/aromatic N) is 3. The molecule has 2 heterocycles. The molecule has 0 bridgehead atoms. The minimum atomic E-state index is -0.860. The van der Waals surface area contributed by atoms with Gasteiger partial charge in [0.1, 0.15) is 0 Å². The summed E-state index contributed by atoms with van der Waals surface area (Å²) in [6, 6.07) is -0.204. The topological polar surface area (TPSA) is 96.5 Å². The third kappa shape index (κ3) is 5.22. The molecule has 0 radical (unpaired) electrons. The van der Waals surface area contributed by atoms with E-state index in [4.69, 9.17) is 9.63 Å². The molecule has 1 aliphatic heterocycles. The lowest BCUT2D eigenvalue weighted by atomic mass is 9.96. The van der Waals surface area contributed by atoms with E-state index in [-0.39, 0.29) is 23.8 Å². The third-order valence-electron chi connectivity index (χ3n) is 3.88. The summed E-state index contributed by atoms with van der Waals surface area (Å²) in [6.45, 7) is 6.67. The first-order chi connectivity index (χ1) is 11.3. The van der Waals surface area contributed by atoms with Crippen molar-refractivity contribution in [3.8, 4) is 0 Å². The quantitative estimate of drug-likeness (QED) is 0.834. The van der Waals surface area contributed by atoms with Crippen molar-refractivity contribution >= 4 is 23.6 Å². The van der Waals surface area contributed by atoms with E-state index in [2.05, 4.69) is 10.1 Å². The maximum absolute atomic E-state index is 12.4. The number of aryl methyl sites for hydroxylation is 1. The van der Waals surface area contributed by atoms with E-state index >= 15 is 0 Å². The molecule has 0 aliphatic carbocycles. The molecule has 8 heteroatoms. The summed E-state index contributed by atoms with van der Waals surface area (Å²) < 4.78 is 5.23. The van der Waals surface area contributed by atoms with Gasteiger partial charge in [0.05, 0.1) is 12.5 Å². The van der Waals surface area contributed by atoms with Gasteiger partial charge in [-0.1, -0.05) is 25.9 Å². The fourth-order valence-corrected chi connectivity index (χ4v) is 3.61. The van der Waals surface area contributed by atoms with Gasteiger partial charge in [-0.15, -0.1) is 0 Å². The standard InChI is InChI=1S/C16H25N3O4S/c1-16(2,3)15-17-12(23-18-15)5-4-6-13(20)19-7-8-24-10-11(19)9-14(21)22/h11H,4-10H2,1-3H3,(H,21,22). The average Bonchev–Trinajstić information content (AvgIpc) is 2.96. The van der Waals surface area contributed by atoms with E-state index in [0.29, 0.717) is 43.3 Å². The Morgan fingerprint density at radius 3 is 2.79 bits per heavy atom. The van der Waals surface area contributed by atoms with Crippen molar-refractivity contribution in [2.24, 2.45) is 0 Å². The number of hydrogen-bond acceptors (Lipinski definition) is 6. The fourth-order valence-electron chi connectivity index (χ4n) is 2.55. The summed E-state index contributed by atoms with van der Waals surface area (Å²) in [5.74, 6) is 1.91. The second-order valence-electron chi connectivity index (χ2n) is 7.03. The molecule has 1 saturated heterocycles. The van der Waals surface area contributed by atoms with E-state index in [1.165, 1.54) is 0 Å². The second kappa shape index (κ2) is 8.00. The zero-order valence-electron chi connectivity index (χ0n) is 14.4. The lowest BCUT2D eigenvalue weighted by molar-refractivity contribution is -0.140. The van der Waals surface area contributed by atoms with Crippen molar-refractivity contribution in [2.45, 2.75) is 57.9 Å². The number of thioether (sulfide) groups is 1. The maximum atomic E-state index is 12.4. The molecular weight excluding hydrogens is 330 g/mol. The first-order valence-electron chi connectivity index (χ1n) is 8.19. The molecule has 24 heavy (non-hydrogen) atoms. The number of carbonyl (C=O) groups excluding carboxylic acids is 1. The van der Waals surface area contributed by atoms with Gasteiger partial charge in [0, 0.05) is 36.3 Å². The van der Waals surface area contributed by atoms with Crippen LogP contribution in [-0.2, 0) is 21.4 Å². The van der Waals surface area contributed by atoms with Crippen molar-refractivity contribution < 1.29 is 19.2 Å². The van der Waals surface area contributed by atoms with Gasteiger partial charge in [-0.05, 0) is 6.42 Å². The summed E-state index contributed by atoms with van der Waals surface area (Å²) in [4.78, 5) is 29.4. The van der Waals surface area contributed by atoms with Crippen LogP contribution in [0.4, 0.5) is 0 Å². The van der Waals surface area contributed by atoms with E-state index in [1.807, 2.05) is 20.8 Å². The van der Waals surface area contributed by atoms with Crippen molar-refractivity contribution in [2.75, 3.05) is 18.1 Å². The molecule has 1 amide bonds. The van der Waals surface area contributed by atoms with Crippen LogP contribution in [0.15, 0.2) is 4.52 Å². The monoisotopic (exact) mass is 355 g/mol. The highest BCUT2D eigenvalue weighted by Crippen LogP contribution is 2.21. The Bertz CT molecular complexity index is 582. The molecule has 134 valence electrons. The van der Waals surface area contributed by atoms with Gasteiger partial charge < -0.3 is 14.5 Å². The first kappa shape index (κ1) is 18.8. The van der Waals surface area contributed by atoms with Crippen LogP contribution in [0.1, 0.15) is 51.7 Å². The highest BCUT2D eigenvalue weighted by molar-refractivity contribution is 7.99. The Kier molecular flexibility index (Phi) is 6.26. The molecule has 1 aromatic rings. The minimum absolute atomic E-state index is 0.0112. The predicted octanol–water partition coefficient (Wildman–Crippen LogP) is 2.11. The SMILES string of the molecule is CC(C)(C)c1noc(CCCC(=O)N2CCSCC2CC(=O)O)n1. The second-order valence-corrected chi connectivity index (χ2v) is 8.18. The summed E-state index contributed by atoms with van der Waals surface area (Å²) in [5.41, 5.74) is -0.160. The minimum Gasteiger partial charge on any atom is -0.481 e. The summed E-state index contributed by atoms with van der Waals surface area (Å²) in [5, 5.41) is 13.0. The molecular formula is C16H25N3O4S. The molecule has 0 spiro atoms. The van der Waals surface area contributed by atoms with E-state index in [9.17, 15) is 9.59 Å². The third-order valence-corrected chi connectivity index (χ3v) is 4.97. The molecule has 1 unspecified atom stereocenters. The summed E-state index contributed by atoms with van der Waals surface area (Å²) >= 11 is 1.70. The number of aromatic nitrogens is 2. The van der Waals surface area contributed by atoms with Crippen LogP contribution < -0.4 is 0 Å². The Labute approximate surface area is 146 Å². The maximum Gasteiger partial charge on any atom is 0.305 e. The molecule has 1 fully saturated rings. The number of hydrogen-bond donors (Lipinski definition) is 1. The van der Waals surface area contributed by atoms with Gasteiger partial charge in [0.15, 0.2) is 5.82 Å². The predicted molar refractivity (Wildman–Crippen MR) is 91.0 cm³/mol. The molecule has 1 aliphatic rings. The number of carboxylic acids is 1. The van der Waals surface area contributed by atoms with Crippen LogP contribution >= 0.6 is 11.8 Å². The van der Waals surface area contributed by atoms with Crippen LogP contribution in [0, 0.1) is 0 Å². The Morgan fingerprint density at radius 2 is 2.17 bits per heavy atom. The van der Waals surface area contributed by atoms with Crippen LogP contribution in [0.2, 0.25) is 0 Å². The van der Waals surface area contributed by atoms with Crippen LogP contribution in [-0.4, -0.2) is 56.1 Å². The zero-order valence-corrected chi connectivity index (χ0v) is 15.3. The number of carboxylic acid groups (broad SMARTS) is 1. The Balaban J connectivity index is 1.83. The number of carbonyl (C=O) groups is 2. The van der Waals surface area contributed by atoms with E-state index in [0.717, 1.165) is 5.75 Å². The van der Waals surface area contributed by atoms with Gasteiger partial charge in [-0.3, -0.25) is 9.59 Å². The molecule has 2 rings (SSSR count). The Hall–Kier alpha value is -1.57. The van der Waals surface area contributed by atoms with Crippen molar-refractivity contribution in [1.29, 1.82) is 0 Å². The van der Waals surface area contributed by atoms with Crippen molar-refractivity contribution in [3.63, 3.8) is 0 Å². The van der Waals surface area contributed by atoms with Crippen LogP contribution in [0.5, 0.6) is 0 Å². The molecule has 1 aromatic heterocycles. The largest absolute Gasteiger partial charge is 0.481 e. The number of aliphatic carboxylic acids is 1. The van der Waals surface area contributed by atoms with E-state index in [1.54, 1.807) is 16.7 Å². The number of rotatable bonds is 6. The van der Waals surface area contributed by atoms with Crippen molar-refractivity contribution in [3.05, 3.63) is 11.7 Å². The van der Waals surface area contributed by atoms with Gasteiger partial charge in [0.25, 0.3) is 0 Å². The zero-order chi connectivity index (χ0) is 17.7. The van der Waals surface area contributed by atoms with Gasteiger partial charge in [-0.25, -0.2) is 0 Å². The molecule has 0 aromatic carbocycles. The normalized spacial score (nSPS) is 18.6. The van der Waals surface area contributed by atoms with Gasteiger partial charge in [0.2, 0.25) is 11.8 Å². The fraction of sp³-hybridized carbons (Fsp3) is 0.750. The molecule has 1 atom stereocenters. The van der Waals surface area contributed by atoms with Crippen LogP contribution in [0.25, 0.3) is 0 Å². The van der Waals surface area contributed by atoms with Crippen molar-refractivity contribution in [1.82, 2.24) is 15.0 Å². The molecule has 0 saturated carbocycles. The van der Waals surface area contributed by atoms with Gasteiger partial charge >= 0.3 is 5.97 Å². The Morgan fingerprint density at radius 1 is 1.42 bits per heavy atom. The summed E-state index contributed by atoms with van der Waals surface area (Å²) in [7, 11) is 0. The lowest BCUT2D eigenvalue weighted by Crippen LogP contribution is -2.47. The average molecular weight is 355 g/mol. The van der Waals surface area contributed by atoms with Gasteiger partial charge in [-0.2, -0.15) is 16.7 Å². The molecule has 1 N–H and O–H groups in total. The highest BCUT2D eigenvalue weighted by atomic mass is 32.2. The molecule has 7 nitrogen and oxygen atoms in total. The summed E-state index contributed by atoms with van der Waals surface area (Å²) in [6.07, 6.45) is 1.56. The lowest BCUT2D eigenvalue weighted by Gasteiger charge is -2.34. The smallest absolute Gasteiger partial charge is 0.305 e. The van der Waals surface area contributed by atoms with Crippen LogP contribution in [0.3, 0.4) is 0 Å². The highest BCUT2D eigenvalue weighted by Gasteiger charge is 2.28. The number of amides is 1.